The number of carbonyl (C=O) groups is 1. The number of ether oxygens (including phenoxy) is 2. The van der Waals surface area contributed by atoms with E-state index in [1.807, 2.05) is 0 Å². The summed E-state index contributed by atoms with van der Waals surface area (Å²) in [5, 5.41) is 0. The molecule has 2 aliphatic heterocycles. The maximum atomic E-state index is 12.2. The Morgan fingerprint density at radius 1 is 1.00 bits per heavy atom. The first-order valence-electron chi connectivity index (χ1n) is 8.34. The molecule has 114 valence electrons. The van der Waals surface area contributed by atoms with Crippen molar-refractivity contribution in [2.24, 2.45) is 11.8 Å². The number of carbonyl (C=O) groups excluding carboxylic acids is 1. The lowest BCUT2D eigenvalue weighted by atomic mass is 9.95. The van der Waals surface area contributed by atoms with Gasteiger partial charge in [0.2, 0.25) is 5.91 Å². The minimum Gasteiger partial charge on any atom is -0.350 e. The van der Waals surface area contributed by atoms with E-state index in [-0.39, 0.29) is 6.29 Å². The number of likely N-dealkylation sites (tertiary alicyclic amines) is 1. The van der Waals surface area contributed by atoms with E-state index in [1.165, 1.54) is 25.7 Å². The lowest BCUT2D eigenvalue weighted by Crippen LogP contribution is -2.41. The van der Waals surface area contributed by atoms with Crippen LogP contribution in [0.5, 0.6) is 0 Å². The zero-order chi connectivity index (χ0) is 13.8. The number of amides is 1. The fourth-order valence-electron chi connectivity index (χ4n) is 3.85. The van der Waals surface area contributed by atoms with E-state index < -0.39 is 0 Å². The fourth-order valence-corrected chi connectivity index (χ4v) is 3.85. The van der Waals surface area contributed by atoms with Crippen molar-refractivity contribution in [3.63, 3.8) is 0 Å². The van der Waals surface area contributed by atoms with Crippen molar-refractivity contribution < 1.29 is 14.3 Å². The molecule has 0 unspecified atom stereocenters. The summed E-state index contributed by atoms with van der Waals surface area (Å²) in [7, 11) is 0. The van der Waals surface area contributed by atoms with E-state index in [2.05, 4.69) is 4.90 Å². The van der Waals surface area contributed by atoms with Crippen LogP contribution in [0.3, 0.4) is 0 Å². The second-order valence-electron chi connectivity index (χ2n) is 6.52. The van der Waals surface area contributed by atoms with Gasteiger partial charge < -0.3 is 14.4 Å². The maximum Gasteiger partial charge on any atom is 0.222 e. The topological polar surface area (TPSA) is 38.8 Å². The Labute approximate surface area is 121 Å². The number of nitrogens with zero attached hydrogens (tertiary/aromatic N) is 1. The van der Waals surface area contributed by atoms with Crippen LogP contribution in [0.1, 0.15) is 51.4 Å². The lowest BCUT2D eigenvalue weighted by Gasteiger charge is -2.34. The van der Waals surface area contributed by atoms with Crippen molar-refractivity contribution in [1.82, 2.24) is 4.90 Å². The third-order valence-electron chi connectivity index (χ3n) is 5.17. The summed E-state index contributed by atoms with van der Waals surface area (Å²) < 4.78 is 11.2. The molecule has 0 aromatic rings. The molecule has 0 spiro atoms. The number of piperidine rings is 1. The Morgan fingerprint density at radius 3 is 2.30 bits per heavy atom. The highest BCUT2D eigenvalue weighted by molar-refractivity contribution is 5.76. The number of hydrogen-bond donors (Lipinski definition) is 0. The Hall–Kier alpha value is -0.610. The number of rotatable bonds is 4. The molecule has 20 heavy (non-hydrogen) atoms. The van der Waals surface area contributed by atoms with Gasteiger partial charge in [-0.3, -0.25) is 4.79 Å². The molecular weight excluding hydrogens is 254 g/mol. The summed E-state index contributed by atoms with van der Waals surface area (Å²) in [6.07, 6.45) is 9.32. The Kier molecular flexibility index (Phi) is 4.94. The van der Waals surface area contributed by atoms with E-state index in [1.54, 1.807) is 0 Å². The smallest absolute Gasteiger partial charge is 0.222 e. The van der Waals surface area contributed by atoms with Crippen molar-refractivity contribution in [2.75, 3.05) is 26.3 Å². The van der Waals surface area contributed by atoms with Crippen LogP contribution < -0.4 is 0 Å². The first kappa shape index (κ1) is 14.3. The first-order chi connectivity index (χ1) is 9.83. The van der Waals surface area contributed by atoms with Crippen LogP contribution in [0.15, 0.2) is 0 Å². The van der Waals surface area contributed by atoms with Gasteiger partial charge in [0.15, 0.2) is 6.29 Å². The van der Waals surface area contributed by atoms with E-state index >= 15 is 0 Å². The van der Waals surface area contributed by atoms with Gasteiger partial charge in [-0.05, 0) is 25.2 Å². The first-order valence-corrected chi connectivity index (χ1v) is 8.34. The van der Waals surface area contributed by atoms with Gasteiger partial charge in [0.25, 0.3) is 0 Å². The molecule has 1 aliphatic carbocycles. The molecule has 0 bridgehead atoms. The molecule has 4 heteroatoms. The molecular formula is C16H27NO3. The van der Waals surface area contributed by atoms with Crippen LogP contribution in [-0.4, -0.2) is 43.4 Å². The molecule has 1 saturated carbocycles. The summed E-state index contributed by atoms with van der Waals surface area (Å²) in [6.45, 7) is 3.23. The van der Waals surface area contributed by atoms with Crippen LogP contribution in [0.25, 0.3) is 0 Å². The summed E-state index contributed by atoms with van der Waals surface area (Å²) in [5.41, 5.74) is 0. The average Bonchev–Trinajstić information content (AvgIpc) is 3.18. The molecule has 0 aromatic carbocycles. The zero-order valence-corrected chi connectivity index (χ0v) is 12.4. The van der Waals surface area contributed by atoms with E-state index in [0.717, 1.165) is 57.9 Å². The van der Waals surface area contributed by atoms with Gasteiger partial charge >= 0.3 is 0 Å². The van der Waals surface area contributed by atoms with Gasteiger partial charge in [0.1, 0.15) is 0 Å². The van der Waals surface area contributed by atoms with Gasteiger partial charge in [-0.15, -0.1) is 0 Å². The second kappa shape index (κ2) is 6.90. The molecule has 0 radical (unpaired) electrons. The molecule has 0 N–H and O–H groups in total. The predicted molar refractivity (Wildman–Crippen MR) is 76.2 cm³/mol. The highest BCUT2D eigenvalue weighted by Gasteiger charge is 2.31. The normalized spacial score (nSPS) is 26.5. The lowest BCUT2D eigenvalue weighted by molar-refractivity contribution is -0.137. The van der Waals surface area contributed by atoms with Gasteiger partial charge in [0, 0.05) is 25.4 Å². The van der Waals surface area contributed by atoms with Gasteiger partial charge in [-0.25, -0.2) is 0 Å². The van der Waals surface area contributed by atoms with Crippen LogP contribution in [-0.2, 0) is 14.3 Å². The monoisotopic (exact) mass is 281 g/mol. The van der Waals surface area contributed by atoms with Crippen molar-refractivity contribution in [3.8, 4) is 0 Å². The summed E-state index contributed by atoms with van der Waals surface area (Å²) in [6, 6.07) is 0. The summed E-state index contributed by atoms with van der Waals surface area (Å²) in [4.78, 5) is 14.3. The SMILES string of the molecule is O=C(CCC1CCCC1)N1CCC(C2OCCO2)CC1. The van der Waals surface area contributed by atoms with Crippen LogP contribution in [0.4, 0.5) is 0 Å². The Morgan fingerprint density at radius 2 is 1.65 bits per heavy atom. The summed E-state index contributed by atoms with van der Waals surface area (Å²) in [5.74, 6) is 1.66. The van der Waals surface area contributed by atoms with E-state index in [4.69, 9.17) is 9.47 Å². The highest BCUT2D eigenvalue weighted by atomic mass is 16.7. The maximum absolute atomic E-state index is 12.2. The molecule has 3 fully saturated rings. The van der Waals surface area contributed by atoms with Crippen molar-refractivity contribution in [1.29, 1.82) is 0 Å². The fraction of sp³-hybridized carbons (Fsp3) is 0.938. The molecule has 3 rings (SSSR count). The molecule has 3 aliphatic rings. The Bertz CT molecular complexity index is 314. The molecule has 2 saturated heterocycles. The quantitative estimate of drug-likeness (QED) is 0.795. The molecule has 4 nitrogen and oxygen atoms in total. The minimum absolute atomic E-state index is 0.00857. The minimum atomic E-state index is -0.00857. The van der Waals surface area contributed by atoms with Crippen LogP contribution in [0.2, 0.25) is 0 Å². The zero-order valence-electron chi connectivity index (χ0n) is 12.4. The van der Waals surface area contributed by atoms with Crippen LogP contribution in [0, 0.1) is 11.8 Å². The largest absolute Gasteiger partial charge is 0.350 e. The highest BCUT2D eigenvalue weighted by Crippen LogP contribution is 2.30. The number of hydrogen-bond acceptors (Lipinski definition) is 3. The van der Waals surface area contributed by atoms with Crippen LogP contribution >= 0.6 is 0 Å². The second-order valence-corrected chi connectivity index (χ2v) is 6.52. The third kappa shape index (κ3) is 3.53. The van der Waals surface area contributed by atoms with Gasteiger partial charge in [0.05, 0.1) is 13.2 Å². The van der Waals surface area contributed by atoms with E-state index in [9.17, 15) is 4.79 Å². The van der Waals surface area contributed by atoms with Crippen molar-refractivity contribution in [3.05, 3.63) is 0 Å². The Balaban J connectivity index is 1.37. The molecule has 1 amide bonds. The van der Waals surface area contributed by atoms with Gasteiger partial charge in [-0.1, -0.05) is 25.7 Å². The van der Waals surface area contributed by atoms with Crippen molar-refractivity contribution >= 4 is 5.91 Å². The molecule has 2 heterocycles. The molecule has 0 aromatic heterocycles. The van der Waals surface area contributed by atoms with Gasteiger partial charge in [-0.2, -0.15) is 0 Å². The van der Waals surface area contributed by atoms with E-state index in [0.29, 0.717) is 11.8 Å². The standard InChI is InChI=1S/C16H27NO3/c18-15(6-5-13-3-1-2-4-13)17-9-7-14(8-10-17)16-19-11-12-20-16/h13-14,16H,1-12H2. The average molecular weight is 281 g/mol. The predicted octanol–water partition coefficient (Wildman–Crippen LogP) is 2.57. The summed E-state index contributed by atoms with van der Waals surface area (Å²) >= 11 is 0. The third-order valence-corrected chi connectivity index (χ3v) is 5.17. The molecule has 0 atom stereocenters. The van der Waals surface area contributed by atoms with Crippen molar-refractivity contribution in [2.45, 2.75) is 57.7 Å².